The number of hydrogen-bond donors (Lipinski definition) is 0. The lowest BCUT2D eigenvalue weighted by molar-refractivity contribution is 0.454. The Morgan fingerprint density at radius 1 is 1.27 bits per heavy atom. The van der Waals surface area contributed by atoms with Crippen molar-refractivity contribution in [1.82, 2.24) is 9.78 Å². The number of rotatable bonds is 2. The van der Waals surface area contributed by atoms with E-state index in [0.29, 0.717) is 21.7 Å². The first-order valence-electron chi connectivity index (χ1n) is 4.28. The standard InChI is InChI=1S/C10H8Cl2N2O/c1-14-5-4-10(13-14)15-9-6-7(11)2-3-8(9)12/h2-6H,1H3. The Kier molecular flexibility index (Phi) is 2.84. The largest absolute Gasteiger partial charge is 0.436 e. The molecule has 5 heteroatoms. The summed E-state index contributed by atoms with van der Waals surface area (Å²) in [7, 11) is 1.81. The topological polar surface area (TPSA) is 27.1 Å². The first-order valence-corrected chi connectivity index (χ1v) is 5.03. The molecule has 0 aliphatic rings. The monoisotopic (exact) mass is 242 g/mol. The van der Waals surface area contributed by atoms with Crippen molar-refractivity contribution in [3.63, 3.8) is 0 Å². The van der Waals surface area contributed by atoms with Crippen molar-refractivity contribution in [1.29, 1.82) is 0 Å². The molecular formula is C10H8Cl2N2O. The molecule has 1 aromatic carbocycles. The van der Waals surface area contributed by atoms with Crippen molar-refractivity contribution in [3.05, 3.63) is 40.5 Å². The summed E-state index contributed by atoms with van der Waals surface area (Å²) in [6, 6.07) is 6.78. The zero-order chi connectivity index (χ0) is 10.8. The Labute approximate surface area is 97.2 Å². The Bertz CT molecular complexity index is 482. The summed E-state index contributed by atoms with van der Waals surface area (Å²) in [5.41, 5.74) is 0. The van der Waals surface area contributed by atoms with Crippen molar-refractivity contribution in [2.24, 2.45) is 7.05 Å². The molecule has 1 aromatic heterocycles. The molecule has 2 rings (SSSR count). The van der Waals surface area contributed by atoms with Gasteiger partial charge in [-0.15, -0.1) is 5.10 Å². The number of aromatic nitrogens is 2. The van der Waals surface area contributed by atoms with Crippen molar-refractivity contribution >= 4 is 23.2 Å². The lowest BCUT2D eigenvalue weighted by Crippen LogP contribution is -1.90. The lowest BCUT2D eigenvalue weighted by atomic mass is 10.3. The van der Waals surface area contributed by atoms with Crippen LogP contribution < -0.4 is 4.74 Å². The molecule has 0 bridgehead atoms. The van der Waals surface area contributed by atoms with E-state index in [1.807, 2.05) is 7.05 Å². The maximum absolute atomic E-state index is 5.93. The first kappa shape index (κ1) is 10.3. The molecule has 1 heterocycles. The van der Waals surface area contributed by atoms with E-state index in [1.165, 1.54) is 0 Å². The van der Waals surface area contributed by atoms with Crippen molar-refractivity contribution < 1.29 is 4.74 Å². The highest BCUT2D eigenvalue weighted by molar-refractivity contribution is 6.34. The number of aryl methyl sites for hydroxylation is 1. The molecule has 0 fully saturated rings. The van der Waals surface area contributed by atoms with Gasteiger partial charge in [-0.1, -0.05) is 23.2 Å². The molecule has 15 heavy (non-hydrogen) atoms. The van der Waals surface area contributed by atoms with E-state index in [9.17, 15) is 0 Å². The van der Waals surface area contributed by atoms with Crippen LogP contribution in [0.1, 0.15) is 0 Å². The molecular weight excluding hydrogens is 235 g/mol. The molecule has 2 aromatic rings. The molecule has 0 amide bonds. The van der Waals surface area contributed by atoms with Gasteiger partial charge >= 0.3 is 0 Å². The molecule has 0 radical (unpaired) electrons. The van der Waals surface area contributed by atoms with Crippen molar-refractivity contribution in [2.75, 3.05) is 0 Å². The van der Waals surface area contributed by atoms with Crippen LogP contribution >= 0.6 is 23.2 Å². The van der Waals surface area contributed by atoms with Gasteiger partial charge in [0.25, 0.3) is 0 Å². The molecule has 0 unspecified atom stereocenters. The maximum Gasteiger partial charge on any atom is 0.238 e. The third-order valence-corrected chi connectivity index (χ3v) is 2.34. The lowest BCUT2D eigenvalue weighted by Gasteiger charge is -2.04. The third-order valence-electron chi connectivity index (χ3n) is 1.80. The van der Waals surface area contributed by atoms with Gasteiger partial charge in [-0.2, -0.15) is 0 Å². The van der Waals surface area contributed by atoms with Crippen molar-refractivity contribution in [2.45, 2.75) is 0 Å². The summed E-state index contributed by atoms with van der Waals surface area (Å²) in [4.78, 5) is 0. The fraction of sp³-hybridized carbons (Fsp3) is 0.100. The Hall–Kier alpha value is -1.19. The van der Waals surface area contributed by atoms with Crippen LogP contribution in [0.25, 0.3) is 0 Å². The number of benzene rings is 1. The van der Waals surface area contributed by atoms with E-state index >= 15 is 0 Å². The Balaban J connectivity index is 2.27. The minimum Gasteiger partial charge on any atom is -0.436 e. The SMILES string of the molecule is Cn1ccc(Oc2cc(Cl)ccc2Cl)n1. The van der Waals surface area contributed by atoms with Crippen LogP contribution in [0.15, 0.2) is 30.5 Å². The normalized spacial score (nSPS) is 10.3. The maximum atomic E-state index is 5.93. The van der Waals surface area contributed by atoms with Crippen LogP contribution in [0.2, 0.25) is 10.0 Å². The highest BCUT2D eigenvalue weighted by atomic mass is 35.5. The summed E-state index contributed by atoms with van der Waals surface area (Å²) < 4.78 is 7.11. The van der Waals surface area contributed by atoms with E-state index in [2.05, 4.69) is 5.10 Å². The number of nitrogens with zero attached hydrogens (tertiary/aromatic N) is 2. The quantitative estimate of drug-likeness (QED) is 0.806. The van der Waals surface area contributed by atoms with Gasteiger partial charge in [0.2, 0.25) is 5.88 Å². The molecule has 0 aliphatic carbocycles. The summed E-state index contributed by atoms with van der Waals surface area (Å²) >= 11 is 11.8. The fourth-order valence-corrected chi connectivity index (χ4v) is 1.43. The molecule has 3 nitrogen and oxygen atoms in total. The second kappa shape index (κ2) is 4.13. The van der Waals surface area contributed by atoms with Gasteiger partial charge in [-0.25, -0.2) is 0 Å². The number of ether oxygens (including phenoxy) is 1. The Morgan fingerprint density at radius 2 is 2.07 bits per heavy atom. The molecule has 0 aliphatic heterocycles. The average Bonchev–Trinajstić information content (AvgIpc) is 2.58. The third kappa shape index (κ3) is 2.43. The summed E-state index contributed by atoms with van der Waals surface area (Å²) in [5, 5.41) is 5.15. The smallest absolute Gasteiger partial charge is 0.238 e. The van der Waals surface area contributed by atoms with Gasteiger partial charge in [-0.05, 0) is 12.1 Å². The molecule has 0 saturated heterocycles. The van der Waals surface area contributed by atoms with Crippen molar-refractivity contribution in [3.8, 4) is 11.6 Å². The molecule has 0 saturated carbocycles. The van der Waals surface area contributed by atoms with Gasteiger partial charge in [0.1, 0.15) is 5.75 Å². The van der Waals surface area contributed by atoms with Gasteiger partial charge < -0.3 is 4.74 Å². The minimum atomic E-state index is 0.488. The van der Waals surface area contributed by atoms with E-state index < -0.39 is 0 Å². The highest BCUT2D eigenvalue weighted by Gasteiger charge is 2.05. The molecule has 0 atom stereocenters. The van der Waals surface area contributed by atoms with Crippen LogP contribution in [-0.4, -0.2) is 9.78 Å². The summed E-state index contributed by atoms with van der Waals surface area (Å²) in [6.07, 6.45) is 1.79. The van der Waals surface area contributed by atoms with Gasteiger partial charge in [0.05, 0.1) is 5.02 Å². The molecule has 78 valence electrons. The average molecular weight is 243 g/mol. The van der Waals surface area contributed by atoms with Crippen LogP contribution in [0.4, 0.5) is 0 Å². The zero-order valence-electron chi connectivity index (χ0n) is 7.95. The molecule has 0 spiro atoms. The van der Waals surface area contributed by atoms with Gasteiger partial charge in [0, 0.05) is 30.4 Å². The van der Waals surface area contributed by atoms with E-state index in [1.54, 1.807) is 35.1 Å². The summed E-state index contributed by atoms with van der Waals surface area (Å²) in [5.74, 6) is 0.990. The van der Waals surface area contributed by atoms with E-state index in [0.717, 1.165) is 0 Å². The van der Waals surface area contributed by atoms with Crippen LogP contribution in [0, 0.1) is 0 Å². The van der Waals surface area contributed by atoms with Crippen LogP contribution in [-0.2, 0) is 7.05 Å². The van der Waals surface area contributed by atoms with Gasteiger partial charge in [0.15, 0.2) is 0 Å². The second-order valence-electron chi connectivity index (χ2n) is 3.00. The minimum absolute atomic E-state index is 0.488. The zero-order valence-corrected chi connectivity index (χ0v) is 9.46. The van der Waals surface area contributed by atoms with E-state index in [-0.39, 0.29) is 0 Å². The van der Waals surface area contributed by atoms with Gasteiger partial charge in [-0.3, -0.25) is 4.68 Å². The second-order valence-corrected chi connectivity index (χ2v) is 3.85. The fourth-order valence-electron chi connectivity index (χ4n) is 1.12. The van der Waals surface area contributed by atoms with Crippen LogP contribution in [0.3, 0.4) is 0 Å². The number of hydrogen-bond acceptors (Lipinski definition) is 2. The van der Waals surface area contributed by atoms with Crippen LogP contribution in [0.5, 0.6) is 11.6 Å². The van der Waals surface area contributed by atoms with E-state index in [4.69, 9.17) is 27.9 Å². The summed E-state index contributed by atoms with van der Waals surface area (Å²) in [6.45, 7) is 0. The predicted octanol–water partition coefficient (Wildman–Crippen LogP) is 3.52. The Morgan fingerprint density at radius 3 is 2.73 bits per heavy atom. The first-order chi connectivity index (χ1) is 7.15. The molecule has 0 N–H and O–H groups in total. The highest BCUT2D eigenvalue weighted by Crippen LogP contribution is 2.30. The predicted molar refractivity (Wildman–Crippen MR) is 59.7 cm³/mol. The number of halogens is 2.